The first kappa shape index (κ1) is 20.9. The minimum absolute atomic E-state index is 0.0390. The monoisotopic (exact) mass is 516 g/mol. The quantitative estimate of drug-likeness (QED) is 0.389. The van der Waals surface area contributed by atoms with Gasteiger partial charge in [0.2, 0.25) is 9.84 Å². The van der Waals surface area contributed by atoms with Gasteiger partial charge in [-0.25, -0.2) is 8.42 Å². The molecule has 2 rings (SSSR count). The lowest BCUT2D eigenvalue weighted by Gasteiger charge is -2.09. The van der Waals surface area contributed by atoms with Crippen LogP contribution < -0.4 is 0 Å². The number of para-hydroxylation sites is 2. The Balaban J connectivity index is 2.90. The molecule has 0 saturated heterocycles. The first-order valence-corrected chi connectivity index (χ1v) is 10.4. The van der Waals surface area contributed by atoms with Crippen LogP contribution in [0, 0.1) is 20.2 Å². The number of rotatable bonds is 6. The third-order valence-corrected chi connectivity index (χ3v) is 5.84. The highest BCUT2D eigenvalue weighted by Crippen LogP contribution is 2.38. The summed E-state index contributed by atoms with van der Waals surface area (Å²) < 4.78 is 26.2. The molecule has 0 bridgehead atoms. The first-order valence-electron chi connectivity index (χ1n) is 7.09. The summed E-state index contributed by atoms with van der Waals surface area (Å²) in [4.78, 5) is 22.8. The van der Waals surface area contributed by atoms with Gasteiger partial charge in [0.25, 0.3) is 11.4 Å². The van der Waals surface area contributed by atoms with E-state index in [0.717, 1.165) is 12.1 Å². The molecule has 2 aromatic carbocycles. The lowest BCUT2D eigenvalue weighted by atomic mass is 10.2. The van der Waals surface area contributed by atoms with Crippen LogP contribution in [0.3, 0.4) is 0 Å². The van der Waals surface area contributed by atoms with Gasteiger partial charge >= 0.3 is 0 Å². The predicted molar refractivity (Wildman–Crippen MR) is 108 cm³/mol. The van der Waals surface area contributed by atoms with Crippen LogP contribution in [0.1, 0.15) is 11.1 Å². The Bertz CT molecular complexity index is 1000. The molecule has 0 fully saturated rings. The molecule has 2 aromatic rings. The fraction of sp³-hybridized carbons (Fsp3) is 0. The van der Waals surface area contributed by atoms with Crippen LogP contribution in [0.5, 0.6) is 0 Å². The summed E-state index contributed by atoms with van der Waals surface area (Å²) in [5, 5.41) is 23.0. The second-order valence-electron chi connectivity index (χ2n) is 4.99. The Labute approximate surface area is 170 Å². The van der Waals surface area contributed by atoms with E-state index in [1.165, 1.54) is 46.4 Å². The Morgan fingerprint density at radius 3 is 1.44 bits per heavy atom. The Hall–Kier alpha value is -2.37. The van der Waals surface area contributed by atoms with E-state index in [4.69, 9.17) is 0 Å². The minimum atomic E-state index is -4.55. The fourth-order valence-electron chi connectivity index (χ4n) is 2.43. The maximum absolute atomic E-state index is 13.1. The maximum atomic E-state index is 13.1. The van der Waals surface area contributed by atoms with Gasteiger partial charge in [-0.05, 0) is 46.4 Å². The van der Waals surface area contributed by atoms with Crippen molar-refractivity contribution in [3.8, 4) is 0 Å². The summed E-state index contributed by atoms with van der Waals surface area (Å²) in [6.45, 7) is 0. The Morgan fingerprint density at radius 1 is 0.778 bits per heavy atom. The van der Waals surface area contributed by atoms with Gasteiger partial charge in [0.1, 0.15) is 0 Å². The van der Waals surface area contributed by atoms with Gasteiger partial charge < -0.3 is 0 Å². The molecule has 0 atom stereocenters. The van der Waals surface area contributed by atoms with E-state index in [-0.39, 0.29) is 11.1 Å². The normalized spacial score (nSPS) is 11.9. The van der Waals surface area contributed by atoms with Crippen molar-refractivity contribution in [1.82, 2.24) is 0 Å². The molecule has 0 aromatic heterocycles. The summed E-state index contributed by atoms with van der Waals surface area (Å²) in [7, 11) is -4.55. The average molecular weight is 518 g/mol. The zero-order valence-electron chi connectivity index (χ0n) is 13.3. The molecule has 0 spiro atoms. The predicted octanol–water partition coefficient (Wildman–Crippen LogP) is 5.07. The Kier molecular flexibility index (Phi) is 6.63. The first-order chi connectivity index (χ1) is 12.8. The lowest BCUT2D eigenvalue weighted by Crippen LogP contribution is -2.10. The van der Waals surface area contributed by atoms with Gasteiger partial charge in [0.05, 0.1) is 21.0 Å². The number of hydrogen-bond acceptors (Lipinski definition) is 6. The van der Waals surface area contributed by atoms with E-state index in [9.17, 15) is 28.6 Å². The van der Waals surface area contributed by atoms with Crippen molar-refractivity contribution >= 4 is 65.2 Å². The molecular weight excluding hydrogens is 508 g/mol. The molecular formula is C16H10Br2N2O6S. The molecule has 27 heavy (non-hydrogen) atoms. The molecule has 0 aliphatic heterocycles. The zero-order valence-corrected chi connectivity index (χ0v) is 17.3. The van der Waals surface area contributed by atoms with Crippen LogP contribution >= 0.6 is 31.9 Å². The second-order valence-corrected chi connectivity index (χ2v) is 7.93. The van der Waals surface area contributed by atoms with Gasteiger partial charge in [-0.3, -0.25) is 20.2 Å². The third-order valence-electron chi connectivity index (χ3n) is 3.49. The third kappa shape index (κ3) is 4.15. The van der Waals surface area contributed by atoms with E-state index in [0.29, 0.717) is 0 Å². The highest BCUT2D eigenvalue weighted by atomic mass is 79.9. The van der Waals surface area contributed by atoms with Gasteiger partial charge in [0, 0.05) is 0 Å². The molecule has 11 heteroatoms. The van der Waals surface area contributed by atoms with Gasteiger partial charge in [0.15, 0.2) is 9.79 Å². The highest BCUT2D eigenvalue weighted by molar-refractivity contribution is 9.11. The fourth-order valence-corrected chi connectivity index (χ4v) is 4.64. The second kappa shape index (κ2) is 8.55. The van der Waals surface area contributed by atoms with Gasteiger partial charge in [-0.2, -0.15) is 0 Å². The molecule has 0 aliphatic rings. The van der Waals surface area contributed by atoms with Crippen LogP contribution in [-0.4, -0.2) is 18.3 Å². The summed E-state index contributed by atoms with van der Waals surface area (Å²) in [5.74, 6) is 0. The summed E-state index contributed by atoms with van der Waals surface area (Å²) in [5.41, 5.74) is -1.25. The maximum Gasteiger partial charge on any atom is 0.295 e. The van der Waals surface area contributed by atoms with Crippen molar-refractivity contribution in [3.63, 3.8) is 0 Å². The van der Waals surface area contributed by atoms with Gasteiger partial charge in [-0.1, -0.05) is 44.0 Å². The van der Waals surface area contributed by atoms with Crippen LogP contribution in [0.4, 0.5) is 11.4 Å². The van der Waals surface area contributed by atoms with E-state index in [1.807, 2.05) is 0 Å². The molecule has 0 unspecified atom stereocenters. The van der Waals surface area contributed by atoms with Crippen molar-refractivity contribution in [3.05, 3.63) is 77.7 Å². The standard InChI is InChI=1S/C16H10Br2N2O6S/c17-9-7-11-3-1-5-13(15(11)19(21)22)27(25,26)14-6-2-4-12(8-10-18)16(14)20(23)24/h1-10H. The SMILES string of the molecule is O=[N+]([O-])c1c(C=CBr)cccc1S(=O)(=O)c1cccc(C=CBr)c1[N+](=O)[O-]. The van der Waals surface area contributed by atoms with Crippen molar-refractivity contribution in [1.29, 1.82) is 0 Å². The van der Waals surface area contributed by atoms with Crippen molar-refractivity contribution in [2.45, 2.75) is 9.79 Å². The van der Waals surface area contributed by atoms with E-state index >= 15 is 0 Å². The lowest BCUT2D eigenvalue weighted by molar-refractivity contribution is -0.388. The highest BCUT2D eigenvalue weighted by Gasteiger charge is 2.35. The van der Waals surface area contributed by atoms with E-state index in [2.05, 4.69) is 31.9 Å². The van der Waals surface area contributed by atoms with Crippen LogP contribution in [0.25, 0.3) is 12.2 Å². The zero-order chi connectivity index (χ0) is 20.2. The number of halogens is 2. The largest absolute Gasteiger partial charge is 0.295 e. The number of benzene rings is 2. The summed E-state index contributed by atoms with van der Waals surface area (Å²) in [6.07, 6.45) is 2.63. The number of nitro groups is 2. The molecule has 0 radical (unpaired) electrons. The van der Waals surface area contributed by atoms with Crippen molar-refractivity contribution in [2.75, 3.05) is 0 Å². The molecule has 140 valence electrons. The molecule has 0 aliphatic carbocycles. The minimum Gasteiger partial charge on any atom is -0.258 e. The smallest absolute Gasteiger partial charge is 0.258 e. The number of nitro benzene ring substituents is 2. The van der Waals surface area contributed by atoms with Crippen molar-refractivity contribution < 1.29 is 18.3 Å². The molecule has 8 nitrogen and oxygen atoms in total. The Morgan fingerprint density at radius 2 is 1.15 bits per heavy atom. The molecule has 0 heterocycles. The number of hydrogen-bond donors (Lipinski definition) is 0. The van der Waals surface area contributed by atoms with E-state index < -0.39 is 40.8 Å². The number of nitrogens with zero attached hydrogens (tertiary/aromatic N) is 2. The van der Waals surface area contributed by atoms with Crippen LogP contribution in [-0.2, 0) is 9.84 Å². The molecule has 0 saturated carbocycles. The topological polar surface area (TPSA) is 120 Å². The number of sulfone groups is 1. The van der Waals surface area contributed by atoms with Crippen molar-refractivity contribution in [2.24, 2.45) is 0 Å². The summed E-state index contributed by atoms with van der Waals surface area (Å²) in [6, 6.07) is 7.50. The average Bonchev–Trinajstić information content (AvgIpc) is 2.61. The van der Waals surface area contributed by atoms with Crippen LogP contribution in [0.15, 0.2) is 56.2 Å². The van der Waals surface area contributed by atoms with Crippen LogP contribution in [0.2, 0.25) is 0 Å². The van der Waals surface area contributed by atoms with Gasteiger partial charge in [-0.15, -0.1) is 0 Å². The molecule has 0 N–H and O–H groups in total. The molecule has 0 amide bonds. The van der Waals surface area contributed by atoms with E-state index in [1.54, 1.807) is 0 Å². The summed E-state index contributed by atoms with van der Waals surface area (Å²) >= 11 is 5.99.